The molecule has 3 saturated heterocycles. The molecule has 6 fully saturated rings. The molecule has 1 aromatic heterocycles. The summed E-state index contributed by atoms with van der Waals surface area (Å²) in [5.74, 6) is -4.62. The maximum Gasteiger partial charge on any atom is 0.264 e. The molecular formula is C39H66F4N8O2. The Bertz CT molecular complexity index is 1330. The summed E-state index contributed by atoms with van der Waals surface area (Å²) < 4.78 is 63.1. The van der Waals surface area contributed by atoms with Crippen molar-refractivity contribution in [2.24, 2.45) is 11.7 Å². The number of piperazine rings is 2. The highest BCUT2D eigenvalue weighted by Crippen LogP contribution is 2.44. The van der Waals surface area contributed by atoms with E-state index in [2.05, 4.69) is 64.4 Å². The molecule has 53 heavy (non-hydrogen) atoms. The quantitative estimate of drug-likeness (QED) is 0.342. The first-order valence-electron chi connectivity index (χ1n) is 20.7. The number of hydrogen-bond donors (Lipinski definition) is 1. The van der Waals surface area contributed by atoms with Crippen LogP contribution >= 0.6 is 0 Å². The van der Waals surface area contributed by atoms with Gasteiger partial charge in [0.15, 0.2) is 5.82 Å². The average Bonchev–Trinajstić information content (AvgIpc) is 3.85. The second-order valence-electron chi connectivity index (χ2n) is 17.8. The maximum atomic E-state index is 15.2. The lowest BCUT2D eigenvalue weighted by molar-refractivity contribution is -0.151. The van der Waals surface area contributed by atoms with Crippen molar-refractivity contribution in [3.63, 3.8) is 0 Å². The van der Waals surface area contributed by atoms with E-state index in [1.54, 1.807) is 4.90 Å². The van der Waals surface area contributed by atoms with Crippen molar-refractivity contribution in [3.05, 3.63) is 11.7 Å². The van der Waals surface area contributed by atoms with Gasteiger partial charge >= 0.3 is 0 Å². The molecule has 3 saturated carbocycles. The van der Waals surface area contributed by atoms with E-state index in [9.17, 15) is 13.6 Å². The van der Waals surface area contributed by atoms with Gasteiger partial charge in [0.25, 0.3) is 11.8 Å². The Morgan fingerprint density at radius 1 is 0.755 bits per heavy atom. The van der Waals surface area contributed by atoms with E-state index < -0.39 is 23.8 Å². The van der Waals surface area contributed by atoms with E-state index >= 15 is 8.78 Å². The molecule has 10 nitrogen and oxygen atoms in total. The highest BCUT2D eigenvalue weighted by atomic mass is 19.3. The smallest absolute Gasteiger partial charge is 0.264 e. The topological polar surface area (TPSA) is 98.2 Å². The molecule has 14 heteroatoms. The zero-order valence-electron chi connectivity index (χ0n) is 32.9. The number of amides is 1. The van der Waals surface area contributed by atoms with Crippen LogP contribution in [0.15, 0.2) is 4.52 Å². The van der Waals surface area contributed by atoms with Crippen molar-refractivity contribution in [3.8, 4) is 0 Å². The van der Waals surface area contributed by atoms with E-state index in [1.807, 2.05) is 0 Å². The molecule has 4 heterocycles. The summed E-state index contributed by atoms with van der Waals surface area (Å²) in [7, 11) is 0. The van der Waals surface area contributed by atoms with Crippen LogP contribution in [0.4, 0.5) is 17.6 Å². The molecular weight excluding hydrogens is 688 g/mol. The molecule has 1 amide bonds. The molecule has 302 valence electrons. The van der Waals surface area contributed by atoms with Gasteiger partial charge in [-0.25, -0.2) is 17.6 Å². The highest BCUT2D eigenvalue weighted by Gasteiger charge is 2.51. The van der Waals surface area contributed by atoms with E-state index in [-0.39, 0.29) is 42.7 Å². The van der Waals surface area contributed by atoms with Crippen LogP contribution < -0.4 is 5.73 Å². The fraction of sp³-hybridized carbons (Fsp3) is 0.923. The Hall–Kier alpha value is -1.87. The third-order valence-corrected chi connectivity index (χ3v) is 13.5. The third-order valence-electron chi connectivity index (χ3n) is 13.5. The molecule has 3 aliphatic carbocycles. The first-order valence-corrected chi connectivity index (χ1v) is 20.7. The number of carbonyl (C=O) groups is 1. The molecule has 1 aromatic rings. The summed E-state index contributed by atoms with van der Waals surface area (Å²) in [6.45, 7) is 19.0. The van der Waals surface area contributed by atoms with Crippen LogP contribution in [-0.2, 0) is 10.2 Å². The van der Waals surface area contributed by atoms with Crippen LogP contribution in [0.2, 0.25) is 0 Å². The summed E-state index contributed by atoms with van der Waals surface area (Å²) in [6.07, 6.45) is 6.16. The molecule has 3 aliphatic heterocycles. The Morgan fingerprint density at radius 3 is 1.79 bits per heavy atom. The molecule has 2 N–H and O–H groups in total. The lowest BCUT2D eigenvalue weighted by Gasteiger charge is -2.47. The largest absolute Gasteiger partial charge is 0.343 e. The summed E-state index contributed by atoms with van der Waals surface area (Å²) in [5.41, 5.74) is 5.54. The predicted molar refractivity (Wildman–Crippen MR) is 197 cm³/mol. The lowest BCUT2D eigenvalue weighted by Crippen LogP contribution is -2.62. The molecule has 7 rings (SSSR count). The van der Waals surface area contributed by atoms with Gasteiger partial charge in [0.05, 0.1) is 6.04 Å². The lowest BCUT2D eigenvalue weighted by atomic mass is 9.77. The molecule has 0 radical (unpaired) electrons. The number of nitrogens with zero attached hydrogens (tertiary/aromatic N) is 7. The van der Waals surface area contributed by atoms with Gasteiger partial charge in [0.1, 0.15) is 0 Å². The molecule has 0 spiro atoms. The number of alkyl halides is 4. The Kier molecular flexibility index (Phi) is 12.8. The maximum absolute atomic E-state index is 15.2. The van der Waals surface area contributed by atoms with Crippen molar-refractivity contribution in [1.82, 2.24) is 34.6 Å². The number of rotatable bonds is 8. The second-order valence-corrected chi connectivity index (χ2v) is 17.8. The third kappa shape index (κ3) is 9.57. The number of halogens is 4. The van der Waals surface area contributed by atoms with Gasteiger partial charge in [-0.2, -0.15) is 4.98 Å². The van der Waals surface area contributed by atoms with Crippen molar-refractivity contribution in [2.75, 3.05) is 65.4 Å². The minimum atomic E-state index is -2.79. The number of piperidine rings is 1. The van der Waals surface area contributed by atoms with E-state index in [0.717, 1.165) is 103 Å². The van der Waals surface area contributed by atoms with Crippen LogP contribution in [0.1, 0.15) is 123 Å². The van der Waals surface area contributed by atoms with E-state index in [0.29, 0.717) is 43.9 Å². The summed E-state index contributed by atoms with van der Waals surface area (Å²) in [6, 6.07) is -0.333. The van der Waals surface area contributed by atoms with Crippen LogP contribution in [0.25, 0.3) is 0 Å². The normalized spacial score (nSPS) is 31.7. The first-order chi connectivity index (χ1) is 25.1. The summed E-state index contributed by atoms with van der Waals surface area (Å²) >= 11 is 0. The number of hydrogen-bond acceptors (Lipinski definition) is 9. The Morgan fingerprint density at radius 2 is 1.26 bits per heavy atom. The zero-order chi connectivity index (χ0) is 38.1. The minimum absolute atomic E-state index is 0.0450. The molecule has 6 aliphatic rings. The number of aromatic nitrogens is 2. The van der Waals surface area contributed by atoms with Gasteiger partial charge in [-0.05, 0) is 79.1 Å². The zero-order valence-corrected chi connectivity index (χ0v) is 32.9. The predicted octanol–water partition coefficient (Wildman–Crippen LogP) is 5.57. The molecule has 0 unspecified atom stereocenters. The van der Waals surface area contributed by atoms with Gasteiger partial charge in [-0.15, -0.1) is 0 Å². The number of likely N-dealkylation sites (tertiary alicyclic amines) is 1. The summed E-state index contributed by atoms with van der Waals surface area (Å²) in [4.78, 5) is 28.9. The van der Waals surface area contributed by atoms with E-state index in [1.165, 1.54) is 0 Å². The Labute approximate surface area is 314 Å². The van der Waals surface area contributed by atoms with Crippen molar-refractivity contribution >= 4 is 5.91 Å². The highest BCUT2D eigenvalue weighted by molar-refractivity contribution is 5.77. The van der Waals surface area contributed by atoms with Gasteiger partial charge in [-0.3, -0.25) is 24.4 Å². The second kappa shape index (κ2) is 16.7. The number of carbonyl (C=O) groups excluding carboxylic acids is 1. The van der Waals surface area contributed by atoms with Crippen molar-refractivity contribution in [1.29, 1.82) is 0 Å². The van der Waals surface area contributed by atoms with Crippen LogP contribution in [0, 0.1) is 5.92 Å². The van der Waals surface area contributed by atoms with Gasteiger partial charge < -0.3 is 15.2 Å². The average molecular weight is 755 g/mol. The molecule has 4 atom stereocenters. The van der Waals surface area contributed by atoms with Gasteiger partial charge in [0.2, 0.25) is 11.8 Å². The van der Waals surface area contributed by atoms with Crippen LogP contribution in [0.3, 0.4) is 0 Å². The minimum Gasteiger partial charge on any atom is -0.343 e. The van der Waals surface area contributed by atoms with Crippen LogP contribution in [0.5, 0.6) is 0 Å². The fourth-order valence-electron chi connectivity index (χ4n) is 9.46. The van der Waals surface area contributed by atoms with Crippen molar-refractivity contribution < 1.29 is 26.9 Å². The fourth-order valence-corrected chi connectivity index (χ4v) is 9.46. The molecule has 0 aromatic carbocycles. The monoisotopic (exact) mass is 755 g/mol. The van der Waals surface area contributed by atoms with Crippen LogP contribution in [-0.4, -0.2) is 148 Å². The van der Waals surface area contributed by atoms with E-state index in [4.69, 9.17) is 10.3 Å². The first kappa shape index (κ1) is 40.8. The van der Waals surface area contributed by atoms with Gasteiger partial charge in [-0.1, -0.05) is 12.1 Å². The van der Waals surface area contributed by atoms with Gasteiger partial charge in [0, 0.05) is 126 Å². The van der Waals surface area contributed by atoms with Crippen molar-refractivity contribution in [2.45, 2.75) is 159 Å². The SMILES string of the molecule is CC(C)N1CCN([C@H]2CCCC(F)(F)[C@@H]2CC(=O)N2CCC(C)(c3noc(C4CC4)n3)CC2)CC1.CC(C)N1CCN([C@H]2CCCC(F)(F)[C@@H]2N)CC1. The molecule has 0 bridgehead atoms. The Balaban J connectivity index is 0.000000225. The standard InChI is InChI=1S/C26H41F2N5O2.C13H25F2N3/c1-18(2)31-13-15-32(16-14-31)21-5-4-8-26(27,28)20(21)17-22(34)33-11-9-25(3,10-12-33)24-29-23(35-30-24)19-6-7-19;1-10(2)17-6-8-18(9-7-17)11-4-3-5-13(14,15)12(11)16/h18-21H,4-17H2,1-3H3;10-12H,3-9,16H2,1-2H3/t20-,21+;11-,12+/m10/s1. The summed E-state index contributed by atoms with van der Waals surface area (Å²) in [5, 5.41) is 4.24. The number of nitrogens with two attached hydrogens (primary N) is 1.